The van der Waals surface area contributed by atoms with Crippen LogP contribution in [0.1, 0.15) is 40.0 Å². The lowest BCUT2D eigenvalue weighted by Crippen LogP contribution is -2.48. The summed E-state index contributed by atoms with van der Waals surface area (Å²) in [6.45, 7) is 7.42. The molecule has 0 saturated heterocycles. The van der Waals surface area contributed by atoms with Crippen LogP contribution in [0.15, 0.2) is 35.3 Å². The predicted octanol–water partition coefficient (Wildman–Crippen LogP) is 4.18. The molecule has 1 amide bonds. The van der Waals surface area contributed by atoms with Gasteiger partial charge in [-0.05, 0) is 43.7 Å². The second kappa shape index (κ2) is 6.79. The van der Waals surface area contributed by atoms with E-state index in [-0.39, 0.29) is 17.2 Å². The Labute approximate surface area is 149 Å². The first-order valence-corrected chi connectivity index (χ1v) is 9.64. The maximum Gasteiger partial charge on any atom is 0.252 e. The number of nitrogens with zero attached hydrogens (tertiary/aromatic N) is 3. The van der Waals surface area contributed by atoms with Crippen molar-refractivity contribution in [3.8, 4) is 0 Å². The number of amides is 1. The zero-order chi connectivity index (χ0) is 17.3. The summed E-state index contributed by atoms with van der Waals surface area (Å²) in [5.74, 6) is 0.157. The first-order valence-electron chi connectivity index (χ1n) is 8.77. The number of amidine groups is 1. The third-order valence-electron chi connectivity index (χ3n) is 5.12. The molecule has 1 fully saturated rings. The number of fused-ring (bicyclic) bond motifs is 1. The van der Waals surface area contributed by atoms with Gasteiger partial charge in [0.25, 0.3) is 5.91 Å². The van der Waals surface area contributed by atoms with Crippen LogP contribution in [0.25, 0.3) is 0 Å². The SMILES string of the molecule is CCN(C1=NC(=O)C2CC(C)(C)CCC2S1)N(C)c1ccccc1. The normalized spacial score (nSPS) is 25.7. The van der Waals surface area contributed by atoms with Crippen molar-refractivity contribution in [2.75, 3.05) is 18.6 Å². The van der Waals surface area contributed by atoms with Crippen molar-refractivity contribution in [3.05, 3.63) is 30.3 Å². The van der Waals surface area contributed by atoms with E-state index in [0.717, 1.165) is 30.2 Å². The molecular formula is C19H27N3OS. The molecule has 1 heterocycles. The fourth-order valence-electron chi connectivity index (χ4n) is 3.67. The van der Waals surface area contributed by atoms with Gasteiger partial charge in [-0.2, -0.15) is 4.99 Å². The topological polar surface area (TPSA) is 35.9 Å². The Morgan fingerprint density at radius 2 is 2.00 bits per heavy atom. The number of carbonyl (C=O) groups excluding carboxylic acids is 1. The second-order valence-corrected chi connectivity index (χ2v) is 8.68. The van der Waals surface area contributed by atoms with Crippen LogP contribution in [0.5, 0.6) is 0 Å². The molecule has 0 bridgehead atoms. The van der Waals surface area contributed by atoms with Crippen LogP contribution in [-0.2, 0) is 4.79 Å². The van der Waals surface area contributed by atoms with Gasteiger partial charge in [-0.1, -0.05) is 43.8 Å². The van der Waals surface area contributed by atoms with Crippen molar-refractivity contribution < 1.29 is 4.79 Å². The van der Waals surface area contributed by atoms with Gasteiger partial charge in [0.1, 0.15) is 0 Å². The van der Waals surface area contributed by atoms with Gasteiger partial charge in [-0.25, -0.2) is 0 Å². The summed E-state index contributed by atoms with van der Waals surface area (Å²) in [4.78, 5) is 17.1. The van der Waals surface area contributed by atoms with Gasteiger partial charge in [-0.3, -0.25) is 14.8 Å². The molecule has 1 aliphatic heterocycles. The van der Waals surface area contributed by atoms with Crippen molar-refractivity contribution in [1.29, 1.82) is 0 Å². The van der Waals surface area contributed by atoms with E-state index in [0.29, 0.717) is 5.25 Å². The fourth-order valence-corrected chi connectivity index (χ4v) is 5.07. The third-order valence-corrected chi connectivity index (χ3v) is 6.50. The standard InChI is InChI=1S/C19H27N3OS/c1-5-22(21(4)14-9-7-6-8-10-14)18-20-17(23)15-13-19(2,3)12-11-16(15)24-18/h6-10,15-16H,5,11-13H2,1-4H3. The van der Waals surface area contributed by atoms with Crippen LogP contribution in [0.3, 0.4) is 0 Å². The van der Waals surface area contributed by atoms with Crippen LogP contribution in [0.4, 0.5) is 5.69 Å². The van der Waals surface area contributed by atoms with Crippen LogP contribution < -0.4 is 5.01 Å². The van der Waals surface area contributed by atoms with Gasteiger partial charge in [-0.15, -0.1) is 0 Å². The number of aliphatic imine (C=N–C) groups is 1. The van der Waals surface area contributed by atoms with E-state index in [2.05, 4.69) is 47.9 Å². The van der Waals surface area contributed by atoms with E-state index >= 15 is 0 Å². The summed E-state index contributed by atoms with van der Waals surface area (Å²) in [7, 11) is 2.03. The largest absolute Gasteiger partial charge is 0.287 e. The first-order chi connectivity index (χ1) is 11.4. The Morgan fingerprint density at radius 3 is 2.67 bits per heavy atom. The van der Waals surface area contributed by atoms with E-state index in [1.54, 1.807) is 11.8 Å². The van der Waals surface area contributed by atoms with Crippen LogP contribution in [0.2, 0.25) is 0 Å². The molecule has 1 aromatic rings. The average molecular weight is 346 g/mol. The molecule has 1 aromatic carbocycles. The molecule has 2 aliphatic rings. The van der Waals surface area contributed by atoms with Gasteiger partial charge in [0.05, 0.1) is 11.6 Å². The van der Waals surface area contributed by atoms with Crippen molar-refractivity contribution in [3.63, 3.8) is 0 Å². The molecule has 3 rings (SSSR count). The summed E-state index contributed by atoms with van der Waals surface area (Å²) in [5, 5.41) is 5.41. The van der Waals surface area contributed by atoms with E-state index in [1.807, 2.05) is 25.2 Å². The van der Waals surface area contributed by atoms with Gasteiger partial charge in [0.2, 0.25) is 0 Å². The number of hydrazine groups is 1. The number of rotatable bonds is 3. The number of hydrogen-bond donors (Lipinski definition) is 0. The molecule has 2 atom stereocenters. The molecular weight excluding hydrogens is 318 g/mol. The Hall–Kier alpha value is -1.49. The lowest BCUT2D eigenvalue weighted by atomic mass is 9.71. The summed E-state index contributed by atoms with van der Waals surface area (Å²) >= 11 is 1.79. The van der Waals surface area contributed by atoms with Crippen molar-refractivity contribution in [2.45, 2.75) is 45.3 Å². The third kappa shape index (κ3) is 3.46. The van der Waals surface area contributed by atoms with Crippen molar-refractivity contribution in [2.24, 2.45) is 16.3 Å². The molecule has 2 unspecified atom stereocenters. The maximum atomic E-state index is 12.7. The molecule has 1 aliphatic carbocycles. The zero-order valence-corrected chi connectivity index (χ0v) is 15.8. The Bertz CT molecular complexity index is 629. The summed E-state index contributed by atoms with van der Waals surface area (Å²) in [6, 6.07) is 10.2. The number of anilines is 1. The minimum atomic E-state index is 0.0708. The van der Waals surface area contributed by atoms with Crippen LogP contribution in [0, 0.1) is 11.3 Å². The minimum absolute atomic E-state index is 0.0708. The Balaban J connectivity index is 1.82. The first kappa shape index (κ1) is 17.3. The van der Waals surface area contributed by atoms with Gasteiger partial charge >= 0.3 is 0 Å². The molecule has 0 N–H and O–H groups in total. The highest BCUT2D eigenvalue weighted by Gasteiger charge is 2.43. The van der Waals surface area contributed by atoms with Crippen LogP contribution in [-0.4, -0.2) is 34.9 Å². The van der Waals surface area contributed by atoms with Crippen molar-refractivity contribution >= 4 is 28.5 Å². The van der Waals surface area contributed by atoms with E-state index in [9.17, 15) is 4.79 Å². The minimum Gasteiger partial charge on any atom is -0.287 e. The lowest BCUT2D eigenvalue weighted by molar-refractivity contribution is -0.123. The van der Waals surface area contributed by atoms with Gasteiger partial charge in [0, 0.05) is 18.8 Å². The van der Waals surface area contributed by atoms with E-state index < -0.39 is 0 Å². The number of hydrogen-bond acceptors (Lipinski definition) is 4. The van der Waals surface area contributed by atoms with Crippen molar-refractivity contribution in [1.82, 2.24) is 5.01 Å². The van der Waals surface area contributed by atoms with E-state index in [4.69, 9.17) is 0 Å². The van der Waals surface area contributed by atoms with Crippen LogP contribution >= 0.6 is 11.8 Å². The Morgan fingerprint density at radius 1 is 1.29 bits per heavy atom. The molecule has 4 nitrogen and oxygen atoms in total. The smallest absolute Gasteiger partial charge is 0.252 e. The summed E-state index contributed by atoms with van der Waals surface area (Å²) in [5.41, 5.74) is 1.36. The molecule has 1 saturated carbocycles. The number of carbonyl (C=O) groups is 1. The molecule has 0 radical (unpaired) electrons. The summed E-state index contributed by atoms with van der Waals surface area (Å²) < 4.78 is 0. The Kier molecular flexibility index (Phi) is 4.90. The van der Waals surface area contributed by atoms with Gasteiger partial charge in [0.15, 0.2) is 5.17 Å². The monoisotopic (exact) mass is 345 g/mol. The quantitative estimate of drug-likeness (QED) is 0.770. The zero-order valence-electron chi connectivity index (χ0n) is 15.0. The number of benzene rings is 1. The highest BCUT2D eigenvalue weighted by molar-refractivity contribution is 8.14. The number of thioether (sulfide) groups is 1. The molecule has 5 heteroatoms. The number of para-hydroxylation sites is 1. The highest BCUT2D eigenvalue weighted by Crippen LogP contribution is 2.46. The van der Waals surface area contributed by atoms with E-state index in [1.165, 1.54) is 6.42 Å². The molecule has 0 spiro atoms. The molecule has 24 heavy (non-hydrogen) atoms. The average Bonchev–Trinajstić information content (AvgIpc) is 2.56. The van der Waals surface area contributed by atoms with Gasteiger partial charge < -0.3 is 0 Å². The predicted molar refractivity (Wildman–Crippen MR) is 102 cm³/mol. The second-order valence-electron chi connectivity index (χ2n) is 7.48. The maximum absolute atomic E-state index is 12.7. The lowest BCUT2D eigenvalue weighted by Gasteiger charge is -2.43. The summed E-state index contributed by atoms with van der Waals surface area (Å²) in [6.07, 6.45) is 3.24. The molecule has 130 valence electrons. The fraction of sp³-hybridized carbons (Fsp3) is 0.579. The molecule has 0 aromatic heterocycles. The highest BCUT2D eigenvalue weighted by atomic mass is 32.2.